The van der Waals surface area contributed by atoms with Crippen molar-refractivity contribution in [2.24, 2.45) is 0 Å². The van der Waals surface area contributed by atoms with Crippen LogP contribution in [0.25, 0.3) is 17.2 Å². The first-order valence-corrected chi connectivity index (χ1v) is 6.11. The van der Waals surface area contributed by atoms with Crippen LogP contribution in [0, 0.1) is 11.3 Å². The van der Waals surface area contributed by atoms with Crippen molar-refractivity contribution in [1.29, 1.82) is 5.26 Å². The summed E-state index contributed by atoms with van der Waals surface area (Å²) in [6.45, 7) is 0. The second-order valence-electron chi connectivity index (χ2n) is 4.15. The van der Waals surface area contributed by atoms with Crippen LogP contribution in [-0.4, -0.2) is 32.3 Å². The molecule has 0 fully saturated rings. The summed E-state index contributed by atoms with van der Waals surface area (Å²) in [6, 6.07) is 12.6. The van der Waals surface area contributed by atoms with E-state index in [0.717, 1.165) is 0 Å². The smallest absolute Gasteiger partial charge is 0.223 e. The van der Waals surface area contributed by atoms with Gasteiger partial charge in [0.1, 0.15) is 11.4 Å². The molecule has 0 saturated heterocycles. The Bertz CT molecular complexity index is 803. The van der Waals surface area contributed by atoms with Gasteiger partial charge in [0.25, 0.3) is 0 Å². The van der Waals surface area contributed by atoms with E-state index in [0.29, 0.717) is 28.5 Å². The Kier molecular flexibility index (Phi) is 3.27. The third kappa shape index (κ3) is 2.55. The van der Waals surface area contributed by atoms with Gasteiger partial charge >= 0.3 is 0 Å². The second kappa shape index (κ2) is 5.38. The predicted octanol–water partition coefficient (Wildman–Crippen LogP) is 1.60. The van der Waals surface area contributed by atoms with E-state index in [4.69, 9.17) is 10.00 Å². The molecule has 7 heteroatoms. The fraction of sp³-hybridized carbons (Fsp3) is 0.0714. The van der Waals surface area contributed by atoms with Crippen molar-refractivity contribution >= 4 is 0 Å². The Labute approximate surface area is 120 Å². The summed E-state index contributed by atoms with van der Waals surface area (Å²) in [7, 11) is 1.58. The maximum absolute atomic E-state index is 8.90. The molecule has 0 aliphatic carbocycles. The number of nitrogens with zero attached hydrogens (tertiary/aromatic N) is 6. The third-order valence-corrected chi connectivity index (χ3v) is 2.82. The number of tetrazole rings is 1. The van der Waals surface area contributed by atoms with Gasteiger partial charge in [0, 0.05) is 0 Å². The van der Waals surface area contributed by atoms with E-state index in [2.05, 4.69) is 26.5 Å². The molecule has 0 unspecified atom stereocenters. The number of nitriles is 1. The van der Waals surface area contributed by atoms with Gasteiger partial charge in [-0.1, -0.05) is 6.07 Å². The lowest BCUT2D eigenvalue weighted by Gasteiger charge is -1.99. The lowest BCUT2D eigenvalue weighted by Crippen LogP contribution is -1.99. The lowest BCUT2D eigenvalue weighted by molar-refractivity contribution is 0.413. The normalized spacial score (nSPS) is 10.1. The average Bonchev–Trinajstić information content (AvgIpc) is 3.05. The summed E-state index contributed by atoms with van der Waals surface area (Å²) in [4.78, 5) is 5.57. The number of rotatable bonds is 3. The maximum Gasteiger partial charge on any atom is 0.223 e. The number of hydrogen-bond acceptors (Lipinski definition) is 6. The van der Waals surface area contributed by atoms with Crippen LogP contribution in [0.2, 0.25) is 0 Å². The zero-order valence-electron chi connectivity index (χ0n) is 11.1. The molecule has 0 aliphatic heterocycles. The van der Waals surface area contributed by atoms with Crippen molar-refractivity contribution in [3.8, 4) is 29.0 Å². The third-order valence-electron chi connectivity index (χ3n) is 2.82. The molecule has 0 amide bonds. The number of aromatic nitrogens is 5. The largest absolute Gasteiger partial charge is 0.495 e. The number of methoxy groups -OCH3 is 1. The first kappa shape index (κ1) is 12.7. The number of hydrogen-bond donors (Lipinski definition) is 0. The van der Waals surface area contributed by atoms with Gasteiger partial charge in [-0.25, -0.2) is 4.98 Å². The van der Waals surface area contributed by atoms with Crippen molar-refractivity contribution in [1.82, 2.24) is 25.2 Å². The summed E-state index contributed by atoms with van der Waals surface area (Å²) >= 11 is 0. The monoisotopic (exact) mass is 278 g/mol. The van der Waals surface area contributed by atoms with Gasteiger partial charge in [-0.3, -0.25) is 0 Å². The summed E-state index contributed by atoms with van der Waals surface area (Å²) in [5.74, 6) is 1.06. The molecule has 0 radical (unpaired) electrons. The van der Waals surface area contributed by atoms with Crippen LogP contribution < -0.4 is 4.74 Å². The van der Waals surface area contributed by atoms with Crippen LogP contribution >= 0.6 is 0 Å². The standard InChI is InChI=1S/C14H10N6O/c1-21-12-5-6-13(16-9-12)14-17-19-20(18-14)11-4-2-3-10(7-11)8-15/h2-7,9H,1H3. The van der Waals surface area contributed by atoms with Crippen molar-refractivity contribution < 1.29 is 4.74 Å². The van der Waals surface area contributed by atoms with E-state index in [1.165, 1.54) is 4.80 Å². The fourth-order valence-electron chi connectivity index (χ4n) is 1.76. The van der Waals surface area contributed by atoms with Gasteiger partial charge in [0.15, 0.2) is 0 Å². The molecule has 1 aromatic carbocycles. The van der Waals surface area contributed by atoms with Crippen LogP contribution in [0.3, 0.4) is 0 Å². The molecule has 21 heavy (non-hydrogen) atoms. The van der Waals surface area contributed by atoms with E-state index in [1.54, 1.807) is 49.7 Å². The topological polar surface area (TPSA) is 89.5 Å². The highest BCUT2D eigenvalue weighted by Crippen LogP contribution is 2.16. The molecule has 0 bridgehead atoms. The zero-order chi connectivity index (χ0) is 14.7. The predicted molar refractivity (Wildman–Crippen MR) is 73.7 cm³/mol. The van der Waals surface area contributed by atoms with Crippen LogP contribution in [0.15, 0.2) is 42.6 Å². The van der Waals surface area contributed by atoms with Gasteiger partial charge < -0.3 is 4.74 Å². The SMILES string of the molecule is COc1ccc(-c2nnn(-c3cccc(C#N)c3)n2)nc1. The van der Waals surface area contributed by atoms with E-state index in [1.807, 2.05) is 0 Å². The zero-order valence-corrected chi connectivity index (χ0v) is 11.1. The van der Waals surface area contributed by atoms with Crippen LogP contribution in [0.5, 0.6) is 5.75 Å². The minimum absolute atomic E-state index is 0.403. The summed E-state index contributed by atoms with van der Waals surface area (Å²) in [5, 5.41) is 21.1. The first-order valence-electron chi connectivity index (χ1n) is 6.11. The molecule has 0 spiro atoms. The van der Waals surface area contributed by atoms with E-state index in [-0.39, 0.29) is 0 Å². The van der Waals surface area contributed by atoms with Gasteiger partial charge in [-0.15, -0.1) is 15.0 Å². The van der Waals surface area contributed by atoms with Crippen molar-refractivity contribution in [3.63, 3.8) is 0 Å². The van der Waals surface area contributed by atoms with Crippen molar-refractivity contribution in [2.45, 2.75) is 0 Å². The quantitative estimate of drug-likeness (QED) is 0.723. The highest BCUT2D eigenvalue weighted by atomic mass is 16.5. The molecule has 2 aromatic heterocycles. The van der Waals surface area contributed by atoms with Gasteiger partial charge in [0.05, 0.1) is 30.6 Å². The number of ether oxygens (including phenoxy) is 1. The fourth-order valence-corrected chi connectivity index (χ4v) is 1.76. The van der Waals surface area contributed by atoms with Crippen molar-refractivity contribution in [3.05, 3.63) is 48.2 Å². The van der Waals surface area contributed by atoms with Gasteiger partial charge in [0.2, 0.25) is 5.82 Å². The average molecular weight is 278 g/mol. The summed E-state index contributed by atoms with van der Waals surface area (Å²) in [5.41, 5.74) is 1.80. The molecule has 102 valence electrons. The molecule has 0 atom stereocenters. The van der Waals surface area contributed by atoms with Gasteiger partial charge in [-0.2, -0.15) is 5.26 Å². The molecule has 3 rings (SSSR count). The highest BCUT2D eigenvalue weighted by Gasteiger charge is 2.09. The van der Waals surface area contributed by atoms with E-state index in [9.17, 15) is 0 Å². The molecule has 0 aliphatic rings. The Hall–Kier alpha value is -3.27. The number of benzene rings is 1. The van der Waals surface area contributed by atoms with E-state index < -0.39 is 0 Å². The number of pyridine rings is 1. The Morgan fingerprint density at radius 3 is 2.86 bits per heavy atom. The van der Waals surface area contributed by atoms with Crippen LogP contribution in [0.4, 0.5) is 0 Å². The molecule has 0 saturated carbocycles. The summed E-state index contributed by atoms with van der Waals surface area (Å²) < 4.78 is 5.05. The Morgan fingerprint density at radius 1 is 1.24 bits per heavy atom. The minimum atomic E-state index is 0.403. The maximum atomic E-state index is 8.90. The molecule has 7 nitrogen and oxygen atoms in total. The first-order chi connectivity index (χ1) is 10.3. The van der Waals surface area contributed by atoms with Crippen LogP contribution in [0.1, 0.15) is 5.56 Å². The lowest BCUT2D eigenvalue weighted by atomic mass is 10.2. The van der Waals surface area contributed by atoms with Crippen LogP contribution in [-0.2, 0) is 0 Å². The molecular formula is C14H10N6O. The second-order valence-corrected chi connectivity index (χ2v) is 4.15. The minimum Gasteiger partial charge on any atom is -0.495 e. The van der Waals surface area contributed by atoms with Crippen molar-refractivity contribution in [2.75, 3.05) is 7.11 Å². The van der Waals surface area contributed by atoms with E-state index >= 15 is 0 Å². The Balaban J connectivity index is 1.93. The molecule has 3 aromatic rings. The molecular weight excluding hydrogens is 268 g/mol. The summed E-state index contributed by atoms with van der Waals surface area (Å²) in [6.07, 6.45) is 1.59. The highest BCUT2D eigenvalue weighted by molar-refractivity contribution is 5.49. The van der Waals surface area contributed by atoms with Gasteiger partial charge in [-0.05, 0) is 35.5 Å². The molecule has 0 N–H and O–H groups in total. The molecule has 2 heterocycles. The Morgan fingerprint density at radius 2 is 2.14 bits per heavy atom.